The molecule has 1 saturated heterocycles. The molecule has 0 amide bonds. The van der Waals surface area contributed by atoms with Crippen LogP contribution >= 0.6 is 0 Å². The molecule has 4 nitrogen and oxygen atoms in total. The Hall–Kier alpha value is -0.610. The first-order chi connectivity index (χ1) is 7.28. The molecule has 4 heteroatoms. The van der Waals surface area contributed by atoms with Gasteiger partial charge in [0, 0.05) is 6.42 Å². The summed E-state index contributed by atoms with van der Waals surface area (Å²) in [7, 11) is 0. The Kier molecular flexibility index (Phi) is 3.26. The van der Waals surface area contributed by atoms with Crippen LogP contribution in [0.4, 0.5) is 0 Å². The zero-order valence-corrected chi connectivity index (χ0v) is 9.16. The molecule has 1 heterocycles. The van der Waals surface area contributed by atoms with Crippen molar-refractivity contribution in [2.24, 2.45) is 5.92 Å². The summed E-state index contributed by atoms with van der Waals surface area (Å²) in [5.41, 5.74) is 0. The van der Waals surface area contributed by atoms with Gasteiger partial charge in [0.05, 0.1) is 19.8 Å². The van der Waals surface area contributed by atoms with E-state index < -0.39 is 5.79 Å². The van der Waals surface area contributed by atoms with Crippen LogP contribution in [0, 0.1) is 5.92 Å². The van der Waals surface area contributed by atoms with Crippen LogP contribution < -0.4 is 0 Å². The highest BCUT2D eigenvalue weighted by Gasteiger charge is 2.50. The first-order valence-electron chi connectivity index (χ1n) is 5.73. The molecule has 1 atom stereocenters. The third-order valence-electron chi connectivity index (χ3n) is 3.15. The van der Waals surface area contributed by atoms with Crippen LogP contribution in [0.1, 0.15) is 32.6 Å². The second-order valence-corrected chi connectivity index (χ2v) is 4.06. The van der Waals surface area contributed by atoms with Crippen LogP contribution in [0.3, 0.4) is 0 Å². The topological polar surface area (TPSA) is 44.8 Å². The summed E-state index contributed by atoms with van der Waals surface area (Å²) in [4.78, 5) is 11.8. The minimum absolute atomic E-state index is 0.167. The highest BCUT2D eigenvalue weighted by atomic mass is 16.7. The lowest BCUT2D eigenvalue weighted by Gasteiger charge is -2.37. The zero-order chi connectivity index (χ0) is 10.7. The Morgan fingerprint density at radius 2 is 2.13 bits per heavy atom. The number of ether oxygens (including phenoxy) is 3. The largest absolute Gasteiger partial charge is 0.466 e. The van der Waals surface area contributed by atoms with Crippen molar-refractivity contribution in [3.8, 4) is 0 Å². The predicted octanol–water partition coefficient (Wildman–Crippen LogP) is 1.48. The van der Waals surface area contributed by atoms with Crippen LogP contribution in [-0.4, -0.2) is 31.6 Å². The SMILES string of the molecule is CCOC(=O)[C@@H]1CCCCC12OCCO2. The Balaban J connectivity index is 2.08. The molecule has 2 fully saturated rings. The number of esters is 1. The van der Waals surface area contributed by atoms with E-state index in [2.05, 4.69) is 0 Å². The van der Waals surface area contributed by atoms with Crippen molar-refractivity contribution in [2.75, 3.05) is 19.8 Å². The number of hydrogen-bond donors (Lipinski definition) is 0. The van der Waals surface area contributed by atoms with Gasteiger partial charge in [-0.05, 0) is 19.8 Å². The van der Waals surface area contributed by atoms with Gasteiger partial charge in [0.1, 0.15) is 5.92 Å². The summed E-state index contributed by atoms with van der Waals surface area (Å²) in [5.74, 6) is -1.06. The minimum Gasteiger partial charge on any atom is -0.466 e. The van der Waals surface area contributed by atoms with E-state index in [0.29, 0.717) is 19.8 Å². The number of carbonyl (C=O) groups is 1. The number of hydrogen-bond acceptors (Lipinski definition) is 4. The van der Waals surface area contributed by atoms with Crippen molar-refractivity contribution in [3.05, 3.63) is 0 Å². The highest BCUT2D eigenvalue weighted by Crippen LogP contribution is 2.40. The Morgan fingerprint density at radius 1 is 1.40 bits per heavy atom. The maximum atomic E-state index is 11.8. The Morgan fingerprint density at radius 3 is 2.80 bits per heavy atom. The van der Waals surface area contributed by atoms with E-state index in [1.807, 2.05) is 6.92 Å². The van der Waals surface area contributed by atoms with Crippen molar-refractivity contribution in [1.29, 1.82) is 0 Å². The van der Waals surface area contributed by atoms with Gasteiger partial charge in [0.2, 0.25) is 0 Å². The van der Waals surface area contributed by atoms with E-state index in [-0.39, 0.29) is 11.9 Å². The molecule has 1 spiro atoms. The minimum atomic E-state index is -0.662. The lowest BCUT2D eigenvalue weighted by Crippen LogP contribution is -2.46. The summed E-state index contributed by atoms with van der Waals surface area (Å²) in [6.45, 7) is 3.43. The highest BCUT2D eigenvalue weighted by molar-refractivity contribution is 5.73. The van der Waals surface area contributed by atoms with E-state index >= 15 is 0 Å². The zero-order valence-electron chi connectivity index (χ0n) is 9.16. The number of carbonyl (C=O) groups excluding carboxylic acids is 1. The average Bonchev–Trinajstić information content (AvgIpc) is 2.68. The molecule has 2 aliphatic rings. The fourth-order valence-corrected chi connectivity index (χ4v) is 2.47. The summed E-state index contributed by atoms with van der Waals surface area (Å²) >= 11 is 0. The molecule has 0 radical (unpaired) electrons. The van der Waals surface area contributed by atoms with Crippen molar-refractivity contribution in [3.63, 3.8) is 0 Å². The van der Waals surface area contributed by atoms with Gasteiger partial charge in [-0.1, -0.05) is 6.42 Å². The molecule has 0 unspecified atom stereocenters. The third-order valence-corrected chi connectivity index (χ3v) is 3.15. The van der Waals surface area contributed by atoms with E-state index in [4.69, 9.17) is 14.2 Å². The van der Waals surface area contributed by atoms with Gasteiger partial charge in [0.25, 0.3) is 0 Å². The van der Waals surface area contributed by atoms with Gasteiger partial charge in [-0.2, -0.15) is 0 Å². The molecular formula is C11H18O4. The van der Waals surface area contributed by atoms with E-state index in [1.54, 1.807) is 0 Å². The molecule has 1 aliphatic heterocycles. The summed E-state index contributed by atoms with van der Waals surface area (Å²) in [5, 5.41) is 0. The predicted molar refractivity (Wildman–Crippen MR) is 53.2 cm³/mol. The molecule has 0 N–H and O–H groups in total. The van der Waals surface area contributed by atoms with Crippen molar-refractivity contribution < 1.29 is 19.0 Å². The molecule has 1 saturated carbocycles. The normalized spacial score (nSPS) is 29.3. The molecule has 86 valence electrons. The molecular weight excluding hydrogens is 196 g/mol. The second kappa shape index (κ2) is 4.49. The second-order valence-electron chi connectivity index (χ2n) is 4.06. The van der Waals surface area contributed by atoms with Gasteiger partial charge in [-0.25, -0.2) is 0 Å². The van der Waals surface area contributed by atoms with Crippen LogP contribution in [-0.2, 0) is 19.0 Å². The number of rotatable bonds is 2. The molecule has 2 rings (SSSR count). The van der Waals surface area contributed by atoms with Gasteiger partial charge in [-0.3, -0.25) is 4.79 Å². The average molecular weight is 214 g/mol. The first kappa shape index (κ1) is 10.9. The fourth-order valence-electron chi connectivity index (χ4n) is 2.47. The van der Waals surface area contributed by atoms with E-state index in [1.165, 1.54) is 0 Å². The van der Waals surface area contributed by atoms with Crippen molar-refractivity contribution in [2.45, 2.75) is 38.4 Å². The molecule has 0 aromatic carbocycles. The van der Waals surface area contributed by atoms with Crippen molar-refractivity contribution in [1.82, 2.24) is 0 Å². The van der Waals surface area contributed by atoms with E-state index in [0.717, 1.165) is 25.7 Å². The molecule has 0 aromatic heterocycles. The third kappa shape index (κ3) is 2.01. The smallest absolute Gasteiger partial charge is 0.314 e. The first-order valence-corrected chi connectivity index (χ1v) is 5.73. The molecule has 15 heavy (non-hydrogen) atoms. The standard InChI is InChI=1S/C11H18O4/c1-2-13-10(12)9-5-3-4-6-11(9)14-7-8-15-11/h9H,2-8H2,1H3/t9-/m0/s1. The van der Waals surface area contributed by atoms with Crippen LogP contribution in [0.5, 0.6) is 0 Å². The van der Waals surface area contributed by atoms with Crippen LogP contribution in [0.15, 0.2) is 0 Å². The van der Waals surface area contributed by atoms with E-state index in [9.17, 15) is 4.79 Å². The maximum absolute atomic E-state index is 11.8. The maximum Gasteiger partial charge on any atom is 0.314 e. The van der Waals surface area contributed by atoms with Gasteiger partial charge in [0.15, 0.2) is 5.79 Å². The van der Waals surface area contributed by atoms with Crippen LogP contribution in [0.2, 0.25) is 0 Å². The molecule has 1 aliphatic carbocycles. The Labute approximate surface area is 89.9 Å². The van der Waals surface area contributed by atoms with Crippen molar-refractivity contribution >= 4 is 5.97 Å². The lowest BCUT2D eigenvalue weighted by molar-refractivity contribution is -0.221. The van der Waals surface area contributed by atoms with Gasteiger partial charge < -0.3 is 14.2 Å². The van der Waals surface area contributed by atoms with Gasteiger partial charge in [-0.15, -0.1) is 0 Å². The Bertz CT molecular complexity index is 233. The summed E-state index contributed by atoms with van der Waals surface area (Å²) < 4.78 is 16.3. The van der Waals surface area contributed by atoms with Gasteiger partial charge >= 0.3 is 5.97 Å². The monoisotopic (exact) mass is 214 g/mol. The van der Waals surface area contributed by atoms with Crippen LogP contribution in [0.25, 0.3) is 0 Å². The lowest BCUT2D eigenvalue weighted by atomic mass is 9.83. The fraction of sp³-hybridized carbons (Fsp3) is 0.909. The quantitative estimate of drug-likeness (QED) is 0.653. The summed E-state index contributed by atoms with van der Waals surface area (Å²) in [6, 6.07) is 0. The molecule has 0 aromatic rings. The summed E-state index contributed by atoms with van der Waals surface area (Å²) in [6.07, 6.45) is 3.75. The molecule has 0 bridgehead atoms.